The molecule has 1 aromatic carbocycles. The van der Waals surface area contributed by atoms with Gasteiger partial charge in [0.1, 0.15) is 12.4 Å². The number of alkyl halides is 2. The summed E-state index contributed by atoms with van der Waals surface area (Å²) in [6, 6.07) is 8.98. The lowest BCUT2D eigenvalue weighted by atomic mass is 10.1. The van der Waals surface area contributed by atoms with Gasteiger partial charge in [0.25, 0.3) is 0 Å². The van der Waals surface area contributed by atoms with Crippen LogP contribution in [-0.2, 0) is 5.92 Å². The van der Waals surface area contributed by atoms with E-state index in [1.165, 1.54) is 30.6 Å². The second kappa shape index (κ2) is 6.82. The topological polar surface area (TPSA) is 42.4 Å². The van der Waals surface area contributed by atoms with E-state index in [0.717, 1.165) is 0 Å². The maximum atomic E-state index is 13.9. The molecule has 108 valence electrons. The SMILES string of the molecule is OCC#Cc1cncc(OCC(F)(F)c2ccccc2)c1. The number of nitrogens with zero attached hydrogens (tertiary/aromatic N) is 1. The van der Waals surface area contributed by atoms with Gasteiger partial charge >= 0.3 is 5.92 Å². The van der Waals surface area contributed by atoms with Crippen LogP contribution in [-0.4, -0.2) is 23.3 Å². The first-order chi connectivity index (χ1) is 10.1. The Morgan fingerprint density at radius 3 is 2.67 bits per heavy atom. The summed E-state index contributed by atoms with van der Waals surface area (Å²) in [6.45, 7) is -1.06. The summed E-state index contributed by atoms with van der Waals surface area (Å²) in [5.74, 6) is 2.20. The van der Waals surface area contributed by atoms with Gasteiger partial charge in [-0.05, 0) is 6.07 Å². The molecule has 0 aliphatic carbocycles. The van der Waals surface area contributed by atoms with Gasteiger partial charge in [0.05, 0.1) is 6.20 Å². The fourth-order valence-electron chi connectivity index (χ4n) is 1.65. The Morgan fingerprint density at radius 2 is 1.95 bits per heavy atom. The number of benzene rings is 1. The van der Waals surface area contributed by atoms with Crippen LogP contribution in [0.1, 0.15) is 11.1 Å². The Labute approximate surface area is 121 Å². The number of aliphatic hydroxyl groups excluding tert-OH is 1. The molecule has 21 heavy (non-hydrogen) atoms. The molecule has 1 aromatic heterocycles. The zero-order valence-electron chi connectivity index (χ0n) is 11.1. The summed E-state index contributed by atoms with van der Waals surface area (Å²) in [5, 5.41) is 8.61. The molecule has 0 atom stereocenters. The number of hydrogen-bond donors (Lipinski definition) is 1. The fraction of sp³-hybridized carbons (Fsp3) is 0.188. The quantitative estimate of drug-likeness (QED) is 0.880. The number of ether oxygens (including phenoxy) is 1. The highest BCUT2D eigenvalue weighted by molar-refractivity contribution is 5.36. The molecular formula is C16H13F2NO2. The molecule has 5 heteroatoms. The van der Waals surface area contributed by atoms with Crippen molar-refractivity contribution >= 4 is 0 Å². The normalized spacial score (nSPS) is 10.6. The molecular weight excluding hydrogens is 276 g/mol. The van der Waals surface area contributed by atoms with Crippen molar-refractivity contribution in [1.82, 2.24) is 4.98 Å². The standard InChI is InChI=1S/C16H13F2NO2/c17-16(18,14-6-2-1-3-7-14)12-21-15-9-13(5-4-8-20)10-19-11-15/h1-3,6-7,9-11,20H,8,12H2. The average molecular weight is 289 g/mol. The number of rotatable bonds is 4. The number of hydrogen-bond acceptors (Lipinski definition) is 3. The molecule has 0 saturated heterocycles. The third-order valence-electron chi connectivity index (χ3n) is 2.64. The molecule has 0 saturated carbocycles. The number of halogens is 2. The summed E-state index contributed by atoms with van der Waals surface area (Å²) < 4.78 is 33.0. The van der Waals surface area contributed by atoms with Crippen LogP contribution in [0.2, 0.25) is 0 Å². The van der Waals surface area contributed by atoms with E-state index in [1.807, 2.05) is 0 Å². The Balaban J connectivity index is 2.06. The Hall–Kier alpha value is -2.45. The molecule has 0 unspecified atom stereocenters. The number of pyridine rings is 1. The first kappa shape index (κ1) is 14.9. The highest BCUT2D eigenvalue weighted by Crippen LogP contribution is 2.28. The summed E-state index contributed by atoms with van der Waals surface area (Å²) in [7, 11) is 0. The van der Waals surface area contributed by atoms with Gasteiger partial charge in [-0.2, -0.15) is 8.78 Å². The van der Waals surface area contributed by atoms with Gasteiger partial charge < -0.3 is 9.84 Å². The van der Waals surface area contributed by atoms with Crippen LogP contribution < -0.4 is 4.74 Å². The minimum Gasteiger partial charge on any atom is -0.485 e. The molecule has 0 amide bonds. The van der Waals surface area contributed by atoms with Crippen molar-refractivity contribution < 1.29 is 18.6 Å². The van der Waals surface area contributed by atoms with E-state index < -0.39 is 12.5 Å². The lowest BCUT2D eigenvalue weighted by Gasteiger charge is -2.17. The molecule has 0 fully saturated rings. The third kappa shape index (κ3) is 4.26. The van der Waals surface area contributed by atoms with Gasteiger partial charge in [-0.1, -0.05) is 42.2 Å². The predicted molar refractivity (Wildman–Crippen MR) is 74.0 cm³/mol. The van der Waals surface area contributed by atoms with Crippen LogP contribution in [0.15, 0.2) is 48.8 Å². The van der Waals surface area contributed by atoms with Crippen molar-refractivity contribution in [3.05, 3.63) is 59.9 Å². The third-order valence-corrected chi connectivity index (χ3v) is 2.64. The minimum absolute atomic E-state index is 0.103. The van der Waals surface area contributed by atoms with Crippen molar-refractivity contribution in [1.29, 1.82) is 0 Å². The largest absolute Gasteiger partial charge is 0.485 e. The molecule has 0 bridgehead atoms. The lowest BCUT2D eigenvalue weighted by molar-refractivity contribution is -0.0468. The van der Waals surface area contributed by atoms with Crippen LogP contribution >= 0.6 is 0 Å². The van der Waals surface area contributed by atoms with E-state index >= 15 is 0 Å². The molecule has 2 aromatic rings. The Morgan fingerprint density at radius 1 is 1.19 bits per heavy atom. The van der Waals surface area contributed by atoms with Gasteiger partial charge in [-0.3, -0.25) is 4.98 Å². The molecule has 2 rings (SSSR count). The average Bonchev–Trinajstić information content (AvgIpc) is 2.52. The van der Waals surface area contributed by atoms with E-state index in [0.29, 0.717) is 5.56 Å². The maximum Gasteiger partial charge on any atom is 0.306 e. The van der Waals surface area contributed by atoms with Crippen LogP contribution in [0.3, 0.4) is 0 Å². The second-order valence-corrected chi connectivity index (χ2v) is 4.23. The molecule has 1 N–H and O–H groups in total. The van der Waals surface area contributed by atoms with Gasteiger partial charge in [-0.25, -0.2) is 0 Å². The van der Waals surface area contributed by atoms with E-state index in [4.69, 9.17) is 9.84 Å². The van der Waals surface area contributed by atoms with Crippen LogP contribution in [0.5, 0.6) is 5.75 Å². The van der Waals surface area contributed by atoms with Gasteiger partial charge in [0.2, 0.25) is 0 Å². The first-order valence-electron chi connectivity index (χ1n) is 6.23. The Bertz CT molecular complexity index is 648. The molecule has 3 nitrogen and oxygen atoms in total. The minimum atomic E-state index is -3.09. The summed E-state index contributed by atoms with van der Waals surface area (Å²) in [4.78, 5) is 3.86. The Kier molecular flexibility index (Phi) is 4.85. The number of aromatic nitrogens is 1. The summed E-state index contributed by atoms with van der Waals surface area (Å²) >= 11 is 0. The molecule has 0 spiro atoms. The summed E-state index contributed by atoms with van der Waals surface area (Å²) in [5.41, 5.74) is 0.388. The van der Waals surface area contributed by atoms with Crippen molar-refractivity contribution in [3.8, 4) is 17.6 Å². The van der Waals surface area contributed by atoms with E-state index in [1.54, 1.807) is 18.2 Å². The fourth-order valence-corrected chi connectivity index (χ4v) is 1.65. The van der Waals surface area contributed by atoms with Crippen molar-refractivity contribution in [2.75, 3.05) is 13.2 Å². The highest BCUT2D eigenvalue weighted by Gasteiger charge is 2.32. The van der Waals surface area contributed by atoms with E-state index in [-0.39, 0.29) is 17.9 Å². The molecule has 0 aliphatic heterocycles. The monoisotopic (exact) mass is 289 g/mol. The molecule has 1 heterocycles. The van der Waals surface area contributed by atoms with Gasteiger partial charge in [0, 0.05) is 17.3 Å². The summed E-state index contributed by atoms with van der Waals surface area (Å²) in [6.07, 6.45) is 2.80. The molecule has 0 radical (unpaired) electrons. The van der Waals surface area contributed by atoms with Crippen LogP contribution in [0.25, 0.3) is 0 Å². The lowest BCUT2D eigenvalue weighted by Crippen LogP contribution is -2.23. The zero-order chi connectivity index (χ0) is 15.1. The van der Waals surface area contributed by atoms with Gasteiger partial charge in [-0.15, -0.1) is 0 Å². The van der Waals surface area contributed by atoms with E-state index in [2.05, 4.69) is 16.8 Å². The van der Waals surface area contributed by atoms with Crippen molar-refractivity contribution in [2.45, 2.75) is 5.92 Å². The van der Waals surface area contributed by atoms with Crippen LogP contribution in [0, 0.1) is 11.8 Å². The zero-order valence-corrected chi connectivity index (χ0v) is 11.1. The van der Waals surface area contributed by atoms with Crippen molar-refractivity contribution in [2.24, 2.45) is 0 Å². The van der Waals surface area contributed by atoms with Crippen LogP contribution in [0.4, 0.5) is 8.78 Å². The smallest absolute Gasteiger partial charge is 0.306 e. The van der Waals surface area contributed by atoms with E-state index in [9.17, 15) is 8.78 Å². The second-order valence-electron chi connectivity index (χ2n) is 4.23. The predicted octanol–water partition coefficient (Wildman–Crippen LogP) is 2.60. The maximum absolute atomic E-state index is 13.9. The highest BCUT2D eigenvalue weighted by atomic mass is 19.3. The molecule has 0 aliphatic rings. The van der Waals surface area contributed by atoms with Crippen molar-refractivity contribution in [3.63, 3.8) is 0 Å². The first-order valence-corrected chi connectivity index (χ1v) is 6.23. The van der Waals surface area contributed by atoms with Gasteiger partial charge in [0.15, 0.2) is 6.61 Å². The number of aliphatic hydroxyl groups is 1.